The van der Waals surface area contributed by atoms with Crippen LogP contribution in [0.3, 0.4) is 0 Å². The molecule has 2 fully saturated rings. The predicted molar refractivity (Wildman–Crippen MR) is 60.2 cm³/mol. The Kier molecular flexibility index (Phi) is 3.82. The fraction of sp³-hybridized carbons (Fsp3) is 0.917. The molecule has 0 aromatic carbocycles. The predicted octanol–water partition coefficient (Wildman–Crippen LogP) is 1.23. The molecule has 0 radical (unpaired) electrons. The zero-order valence-electron chi connectivity index (χ0n) is 9.64. The maximum Gasteiger partial charge on any atom is 0.304 e. The van der Waals surface area contributed by atoms with Crippen LogP contribution in [-0.2, 0) is 4.79 Å². The first-order valence-electron chi connectivity index (χ1n) is 6.34. The Labute approximate surface area is 96.3 Å². The summed E-state index contributed by atoms with van der Waals surface area (Å²) in [6.07, 6.45) is 6.19. The molecule has 4 heteroatoms. The van der Waals surface area contributed by atoms with Gasteiger partial charge in [0.1, 0.15) is 0 Å². The number of carbonyl (C=O) groups is 1. The third-order valence-corrected chi connectivity index (χ3v) is 3.95. The molecule has 1 heterocycles. The molecule has 1 aliphatic carbocycles. The van der Waals surface area contributed by atoms with E-state index in [0.717, 1.165) is 45.1 Å². The molecule has 2 aliphatic rings. The molecule has 0 aromatic heterocycles. The minimum Gasteiger partial charge on any atom is -0.481 e. The highest BCUT2D eigenvalue weighted by atomic mass is 16.4. The van der Waals surface area contributed by atoms with Gasteiger partial charge in [0.25, 0.3) is 0 Å². The summed E-state index contributed by atoms with van der Waals surface area (Å²) >= 11 is 0. The van der Waals surface area contributed by atoms with Crippen LogP contribution in [0.5, 0.6) is 0 Å². The number of carboxylic acids is 1. The molecule has 0 spiro atoms. The first-order chi connectivity index (χ1) is 7.68. The van der Waals surface area contributed by atoms with Crippen molar-refractivity contribution in [1.82, 2.24) is 4.90 Å². The van der Waals surface area contributed by atoms with Gasteiger partial charge >= 0.3 is 5.97 Å². The third-order valence-electron chi connectivity index (χ3n) is 3.95. The first-order valence-corrected chi connectivity index (χ1v) is 6.34. The van der Waals surface area contributed by atoms with Crippen LogP contribution in [0.2, 0.25) is 0 Å². The molecule has 2 rings (SSSR count). The van der Waals surface area contributed by atoms with Gasteiger partial charge in [-0.15, -0.1) is 0 Å². The zero-order chi connectivity index (χ0) is 11.5. The molecule has 16 heavy (non-hydrogen) atoms. The fourth-order valence-corrected chi connectivity index (χ4v) is 3.19. The lowest BCUT2D eigenvalue weighted by molar-refractivity contribution is -0.138. The van der Waals surface area contributed by atoms with Crippen LogP contribution < -0.4 is 0 Å². The van der Waals surface area contributed by atoms with Crippen LogP contribution in [0.15, 0.2) is 0 Å². The Hall–Kier alpha value is -0.610. The highest BCUT2D eigenvalue weighted by Gasteiger charge is 2.36. The molecule has 2 N–H and O–H groups in total. The summed E-state index contributed by atoms with van der Waals surface area (Å²) in [5.41, 5.74) is 0. The van der Waals surface area contributed by atoms with E-state index >= 15 is 0 Å². The van der Waals surface area contributed by atoms with Gasteiger partial charge in [0, 0.05) is 12.1 Å². The normalized spacial score (nSPS) is 36.4. The zero-order valence-corrected chi connectivity index (χ0v) is 9.64. The van der Waals surface area contributed by atoms with Crippen molar-refractivity contribution in [3.63, 3.8) is 0 Å². The van der Waals surface area contributed by atoms with Gasteiger partial charge in [-0.2, -0.15) is 0 Å². The number of aliphatic hydroxyl groups excluding tert-OH is 1. The monoisotopic (exact) mass is 227 g/mol. The Balaban J connectivity index is 1.98. The van der Waals surface area contributed by atoms with E-state index in [2.05, 4.69) is 4.90 Å². The second kappa shape index (κ2) is 5.15. The topological polar surface area (TPSA) is 60.8 Å². The summed E-state index contributed by atoms with van der Waals surface area (Å²) in [7, 11) is 0. The number of aliphatic carboxylic acids is 1. The lowest BCUT2D eigenvalue weighted by atomic mass is 9.90. The van der Waals surface area contributed by atoms with Crippen LogP contribution >= 0.6 is 0 Å². The molecule has 0 bridgehead atoms. The lowest BCUT2D eigenvalue weighted by Crippen LogP contribution is -2.48. The van der Waals surface area contributed by atoms with Gasteiger partial charge in [0.15, 0.2) is 0 Å². The van der Waals surface area contributed by atoms with E-state index in [9.17, 15) is 9.90 Å². The van der Waals surface area contributed by atoms with Crippen LogP contribution in [-0.4, -0.2) is 45.8 Å². The van der Waals surface area contributed by atoms with Crippen molar-refractivity contribution in [3.8, 4) is 0 Å². The van der Waals surface area contributed by atoms with E-state index in [-0.39, 0.29) is 24.6 Å². The molecule has 0 aromatic rings. The molecule has 0 amide bonds. The van der Waals surface area contributed by atoms with Gasteiger partial charge < -0.3 is 10.2 Å². The van der Waals surface area contributed by atoms with Crippen molar-refractivity contribution >= 4 is 5.97 Å². The second-order valence-electron chi connectivity index (χ2n) is 5.05. The van der Waals surface area contributed by atoms with Gasteiger partial charge in [0.2, 0.25) is 0 Å². The van der Waals surface area contributed by atoms with Gasteiger partial charge in [-0.1, -0.05) is 12.8 Å². The standard InChI is InChI=1S/C12H21NO3/c14-11-6-2-1-5-10(11)13-7-3-4-9(13)8-12(15)16/h9-11,14H,1-8H2,(H,15,16). The minimum absolute atomic E-state index is 0.148. The largest absolute Gasteiger partial charge is 0.481 e. The van der Waals surface area contributed by atoms with Crippen LogP contribution in [0.1, 0.15) is 44.9 Å². The van der Waals surface area contributed by atoms with Crippen molar-refractivity contribution < 1.29 is 15.0 Å². The quantitative estimate of drug-likeness (QED) is 0.761. The fourth-order valence-electron chi connectivity index (χ4n) is 3.19. The Morgan fingerprint density at radius 3 is 2.62 bits per heavy atom. The van der Waals surface area contributed by atoms with Crippen molar-refractivity contribution in [1.29, 1.82) is 0 Å². The molecular weight excluding hydrogens is 206 g/mol. The summed E-state index contributed by atoms with van der Waals surface area (Å²) < 4.78 is 0. The average molecular weight is 227 g/mol. The highest BCUT2D eigenvalue weighted by Crippen LogP contribution is 2.30. The molecule has 4 nitrogen and oxygen atoms in total. The number of nitrogens with zero attached hydrogens (tertiary/aromatic N) is 1. The molecule has 92 valence electrons. The van der Waals surface area contributed by atoms with Crippen molar-refractivity contribution in [2.45, 2.75) is 63.1 Å². The number of rotatable bonds is 3. The summed E-state index contributed by atoms with van der Waals surface area (Å²) in [5, 5.41) is 18.9. The van der Waals surface area contributed by atoms with Crippen LogP contribution in [0, 0.1) is 0 Å². The van der Waals surface area contributed by atoms with Gasteiger partial charge in [-0.25, -0.2) is 0 Å². The van der Waals surface area contributed by atoms with E-state index in [1.165, 1.54) is 0 Å². The van der Waals surface area contributed by atoms with Crippen molar-refractivity contribution in [3.05, 3.63) is 0 Å². The maximum atomic E-state index is 10.8. The van der Waals surface area contributed by atoms with E-state index in [1.54, 1.807) is 0 Å². The molecule has 1 aliphatic heterocycles. The maximum absolute atomic E-state index is 10.8. The first kappa shape index (κ1) is 11.9. The van der Waals surface area contributed by atoms with Crippen LogP contribution in [0.4, 0.5) is 0 Å². The van der Waals surface area contributed by atoms with Crippen molar-refractivity contribution in [2.75, 3.05) is 6.54 Å². The molecule has 3 atom stereocenters. The average Bonchev–Trinajstić information content (AvgIpc) is 2.66. The second-order valence-corrected chi connectivity index (χ2v) is 5.05. The number of aliphatic hydroxyl groups is 1. The van der Waals surface area contributed by atoms with Crippen molar-refractivity contribution in [2.24, 2.45) is 0 Å². The number of likely N-dealkylation sites (tertiary alicyclic amines) is 1. The summed E-state index contributed by atoms with van der Waals surface area (Å²) in [6.45, 7) is 0.958. The molecule has 1 saturated heterocycles. The van der Waals surface area contributed by atoms with E-state index in [4.69, 9.17) is 5.11 Å². The van der Waals surface area contributed by atoms with Gasteiger partial charge in [-0.05, 0) is 32.2 Å². The summed E-state index contributed by atoms with van der Waals surface area (Å²) in [5.74, 6) is -0.720. The summed E-state index contributed by atoms with van der Waals surface area (Å²) in [4.78, 5) is 13.0. The molecule has 1 saturated carbocycles. The smallest absolute Gasteiger partial charge is 0.304 e. The lowest BCUT2D eigenvalue weighted by Gasteiger charge is -2.38. The third kappa shape index (κ3) is 2.55. The summed E-state index contributed by atoms with van der Waals surface area (Å²) in [6, 6.07) is 0.357. The van der Waals surface area contributed by atoms with Gasteiger partial charge in [0.05, 0.1) is 12.5 Å². The Bertz CT molecular complexity index is 257. The van der Waals surface area contributed by atoms with E-state index in [1.807, 2.05) is 0 Å². The number of hydrogen-bond donors (Lipinski definition) is 2. The number of carboxylic acid groups (broad SMARTS) is 1. The van der Waals surface area contributed by atoms with Crippen LogP contribution in [0.25, 0.3) is 0 Å². The molecular formula is C12H21NO3. The highest BCUT2D eigenvalue weighted by molar-refractivity contribution is 5.67. The van der Waals surface area contributed by atoms with E-state index < -0.39 is 5.97 Å². The Morgan fingerprint density at radius 2 is 1.94 bits per heavy atom. The Morgan fingerprint density at radius 1 is 1.19 bits per heavy atom. The molecule has 3 unspecified atom stereocenters. The minimum atomic E-state index is -0.720. The van der Waals surface area contributed by atoms with Gasteiger partial charge in [-0.3, -0.25) is 9.69 Å². The SMILES string of the molecule is O=C(O)CC1CCCN1C1CCCCC1O. The van der Waals surface area contributed by atoms with E-state index in [0.29, 0.717) is 0 Å². The number of hydrogen-bond acceptors (Lipinski definition) is 3.